The van der Waals surface area contributed by atoms with Crippen molar-refractivity contribution in [3.63, 3.8) is 0 Å². The number of thiocarbonyl (C=S) groups is 1. The molecule has 0 spiro atoms. The van der Waals surface area contributed by atoms with E-state index in [-0.39, 0.29) is 23.0 Å². The van der Waals surface area contributed by atoms with Gasteiger partial charge in [0.1, 0.15) is 0 Å². The Kier molecular flexibility index (Phi) is 7.99. The number of anilines is 1. The number of nitrogens with one attached hydrogen (secondary N) is 3. The summed E-state index contributed by atoms with van der Waals surface area (Å²) in [6.07, 6.45) is 8.69. The smallest absolute Gasteiger partial charge is 0.251 e. The first-order valence-corrected chi connectivity index (χ1v) is 10.7. The molecule has 156 valence electrons. The zero-order valence-corrected chi connectivity index (χ0v) is 18.1. The van der Waals surface area contributed by atoms with Crippen LogP contribution in [0.4, 0.5) is 5.69 Å². The minimum absolute atomic E-state index is 0.0913. The summed E-state index contributed by atoms with van der Waals surface area (Å²) >= 11 is 11.1. The largest absolute Gasteiger partial charge is 0.349 e. The number of halogens is 1. The predicted molar refractivity (Wildman–Crippen MR) is 126 cm³/mol. The van der Waals surface area contributed by atoms with Gasteiger partial charge < -0.3 is 10.6 Å². The molecule has 5 nitrogen and oxygen atoms in total. The lowest BCUT2D eigenvalue weighted by Crippen LogP contribution is -2.36. The first-order valence-electron chi connectivity index (χ1n) is 9.96. The molecule has 1 aliphatic rings. The summed E-state index contributed by atoms with van der Waals surface area (Å²) in [7, 11) is 0. The fraction of sp³-hybridized carbons (Fsp3) is 0.261. The van der Waals surface area contributed by atoms with E-state index in [1.54, 1.807) is 42.5 Å². The predicted octanol–water partition coefficient (Wildman–Crippen LogP) is 4.93. The molecule has 0 heterocycles. The molecule has 2 aromatic rings. The van der Waals surface area contributed by atoms with Crippen LogP contribution in [0.1, 0.15) is 48.0 Å². The third-order valence-electron chi connectivity index (χ3n) is 4.86. The van der Waals surface area contributed by atoms with E-state index in [2.05, 4.69) is 16.0 Å². The molecule has 7 heteroatoms. The van der Waals surface area contributed by atoms with E-state index in [4.69, 9.17) is 23.8 Å². The molecule has 2 aromatic carbocycles. The average molecular weight is 442 g/mol. The van der Waals surface area contributed by atoms with Gasteiger partial charge in [0.25, 0.3) is 5.91 Å². The van der Waals surface area contributed by atoms with E-state index >= 15 is 0 Å². The lowest BCUT2D eigenvalue weighted by molar-refractivity contribution is -0.115. The minimum atomic E-state index is -0.353. The standard InChI is InChI=1S/C23H24ClN3O2S/c24-18-12-9-16(10-13-18)11-14-21(28)27-23(30)26-20-8-4-5-17(15-20)22(29)25-19-6-2-1-3-7-19/h4-5,8-15,19H,1-3,6-7H2,(H,25,29)(H2,26,27,28,30)/b14-11+. The van der Waals surface area contributed by atoms with Crippen molar-refractivity contribution in [2.75, 3.05) is 5.32 Å². The first-order chi connectivity index (χ1) is 14.5. The Morgan fingerprint density at radius 1 is 1.03 bits per heavy atom. The van der Waals surface area contributed by atoms with E-state index in [9.17, 15) is 9.59 Å². The summed E-state index contributed by atoms with van der Waals surface area (Å²) in [4.78, 5) is 24.6. The maximum atomic E-state index is 12.5. The minimum Gasteiger partial charge on any atom is -0.349 e. The zero-order valence-electron chi connectivity index (χ0n) is 16.5. The van der Waals surface area contributed by atoms with Crippen LogP contribution in [0.2, 0.25) is 5.02 Å². The van der Waals surface area contributed by atoms with Crippen molar-refractivity contribution in [2.24, 2.45) is 0 Å². The van der Waals surface area contributed by atoms with Gasteiger partial charge in [0.05, 0.1) is 0 Å². The Hall–Kier alpha value is -2.70. The molecule has 0 radical (unpaired) electrons. The third-order valence-corrected chi connectivity index (χ3v) is 5.31. The van der Waals surface area contributed by atoms with Crippen LogP contribution in [0, 0.1) is 0 Å². The molecule has 2 amide bonds. The third kappa shape index (κ3) is 6.97. The number of hydrogen-bond donors (Lipinski definition) is 3. The Morgan fingerprint density at radius 2 is 1.77 bits per heavy atom. The quantitative estimate of drug-likeness (QED) is 0.454. The van der Waals surface area contributed by atoms with E-state index in [1.807, 2.05) is 12.1 Å². The van der Waals surface area contributed by atoms with Crippen LogP contribution in [0.15, 0.2) is 54.6 Å². The number of carbonyl (C=O) groups excluding carboxylic acids is 2. The molecule has 0 aliphatic heterocycles. The molecule has 0 atom stereocenters. The Bertz CT molecular complexity index is 938. The maximum absolute atomic E-state index is 12.5. The van der Waals surface area contributed by atoms with Crippen molar-refractivity contribution in [2.45, 2.75) is 38.1 Å². The van der Waals surface area contributed by atoms with Crippen LogP contribution in [0.5, 0.6) is 0 Å². The monoisotopic (exact) mass is 441 g/mol. The second kappa shape index (κ2) is 10.9. The molecule has 1 fully saturated rings. The van der Waals surface area contributed by atoms with Crippen molar-refractivity contribution >= 4 is 52.5 Å². The zero-order chi connectivity index (χ0) is 21.3. The second-order valence-electron chi connectivity index (χ2n) is 7.22. The molecule has 3 rings (SSSR count). The van der Waals surface area contributed by atoms with Crippen LogP contribution < -0.4 is 16.0 Å². The maximum Gasteiger partial charge on any atom is 0.251 e. The summed E-state index contributed by atoms with van der Waals surface area (Å²) in [6.45, 7) is 0. The van der Waals surface area contributed by atoms with Gasteiger partial charge >= 0.3 is 0 Å². The highest BCUT2D eigenvalue weighted by atomic mass is 35.5. The summed E-state index contributed by atoms with van der Waals surface area (Å²) < 4.78 is 0. The topological polar surface area (TPSA) is 70.2 Å². The van der Waals surface area contributed by atoms with Gasteiger partial charge in [-0.15, -0.1) is 0 Å². The van der Waals surface area contributed by atoms with Crippen LogP contribution in [-0.2, 0) is 4.79 Å². The fourth-order valence-corrected chi connectivity index (χ4v) is 3.66. The van der Waals surface area contributed by atoms with Crippen molar-refractivity contribution in [3.05, 3.63) is 70.8 Å². The van der Waals surface area contributed by atoms with E-state index in [1.165, 1.54) is 12.5 Å². The summed E-state index contributed by atoms with van der Waals surface area (Å²) in [5, 5.41) is 9.43. The average Bonchev–Trinajstić information content (AvgIpc) is 2.74. The van der Waals surface area contributed by atoms with Crippen LogP contribution in [0.25, 0.3) is 6.08 Å². The van der Waals surface area contributed by atoms with Crippen LogP contribution >= 0.6 is 23.8 Å². The van der Waals surface area contributed by atoms with Crippen molar-refractivity contribution < 1.29 is 9.59 Å². The summed E-state index contributed by atoms with van der Waals surface area (Å²) in [5.74, 6) is -0.444. The number of carbonyl (C=O) groups is 2. The van der Waals surface area contributed by atoms with Crippen molar-refractivity contribution in [3.8, 4) is 0 Å². The highest BCUT2D eigenvalue weighted by molar-refractivity contribution is 7.80. The molecular formula is C23H24ClN3O2S. The second-order valence-corrected chi connectivity index (χ2v) is 8.06. The van der Waals surface area contributed by atoms with Gasteiger partial charge in [-0.05, 0) is 67.0 Å². The van der Waals surface area contributed by atoms with E-state index in [0.717, 1.165) is 31.2 Å². The number of rotatable bonds is 5. The number of hydrogen-bond acceptors (Lipinski definition) is 3. The number of amides is 2. The fourth-order valence-electron chi connectivity index (χ4n) is 3.32. The molecule has 30 heavy (non-hydrogen) atoms. The van der Waals surface area contributed by atoms with Crippen molar-refractivity contribution in [1.82, 2.24) is 10.6 Å². The highest BCUT2D eigenvalue weighted by Gasteiger charge is 2.16. The molecule has 1 saturated carbocycles. The SMILES string of the molecule is O=C(/C=C/c1ccc(Cl)cc1)NC(=S)Nc1cccc(C(=O)NC2CCCCC2)c1. The Balaban J connectivity index is 1.52. The van der Waals surface area contributed by atoms with Gasteiger partial charge in [0, 0.05) is 28.4 Å². The van der Waals surface area contributed by atoms with Gasteiger partial charge in [-0.1, -0.05) is 49.1 Å². The first kappa shape index (κ1) is 22.0. The molecule has 0 unspecified atom stereocenters. The van der Waals surface area contributed by atoms with E-state index in [0.29, 0.717) is 16.3 Å². The van der Waals surface area contributed by atoms with Gasteiger partial charge in [0.15, 0.2) is 5.11 Å². The highest BCUT2D eigenvalue weighted by Crippen LogP contribution is 2.18. The molecule has 0 saturated heterocycles. The van der Waals surface area contributed by atoms with Gasteiger partial charge in [-0.2, -0.15) is 0 Å². The normalized spacial score (nSPS) is 14.3. The molecular weight excluding hydrogens is 418 g/mol. The Labute approximate surface area is 186 Å². The van der Waals surface area contributed by atoms with Crippen LogP contribution in [-0.4, -0.2) is 23.0 Å². The van der Waals surface area contributed by atoms with Gasteiger partial charge in [-0.25, -0.2) is 0 Å². The molecule has 0 bridgehead atoms. The number of benzene rings is 2. The molecule has 0 aromatic heterocycles. The summed E-state index contributed by atoms with van der Waals surface area (Å²) in [6, 6.07) is 14.4. The lowest BCUT2D eigenvalue weighted by Gasteiger charge is -2.22. The Morgan fingerprint density at radius 3 is 2.50 bits per heavy atom. The van der Waals surface area contributed by atoms with Crippen LogP contribution in [0.3, 0.4) is 0 Å². The molecule has 1 aliphatic carbocycles. The van der Waals surface area contributed by atoms with E-state index < -0.39 is 0 Å². The molecule has 3 N–H and O–H groups in total. The van der Waals surface area contributed by atoms with Crippen molar-refractivity contribution in [1.29, 1.82) is 0 Å². The van der Waals surface area contributed by atoms with Gasteiger partial charge in [-0.3, -0.25) is 14.9 Å². The van der Waals surface area contributed by atoms with Gasteiger partial charge in [0.2, 0.25) is 5.91 Å². The lowest BCUT2D eigenvalue weighted by atomic mass is 9.95. The summed E-state index contributed by atoms with van der Waals surface area (Å²) in [5.41, 5.74) is 2.05.